The predicted molar refractivity (Wildman–Crippen MR) is 81.0 cm³/mol. The normalized spacial score (nSPS) is 11.8. The number of hydrogen-bond acceptors (Lipinski definition) is 1. The summed E-state index contributed by atoms with van der Waals surface area (Å²) in [6, 6.07) is 4.95. The van der Waals surface area contributed by atoms with Crippen molar-refractivity contribution in [2.75, 3.05) is 6.54 Å². The lowest BCUT2D eigenvalue weighted by Gasteiger charge is -2.25. The van der Waals surface area contributed by atoms with E-state index in [0.717, 1.165) is 12.1 Å². The molecule has 108 valence electrons. The van der Waals surface area contributed by atoms with Crippen molar-refractivity contribution in [2.45, 2.75) is 53.0 Å². The Morgan fingerprint density at radius 1 is 1.26 bits per heavy atom. The highest BCUT2D eigenvalue weighted by molar-refractivity contribution is 6.31. The van der Waals surface area contributed by atoms with Crippen molar-refractivity contribution in [3.63, 3.8) is 0 Å². The van der Waals surface area contributed by atoms with Crippen molar-refractivity contribution in [1.29, 1.82) is 0 Å². The molecular weight excluding hydrogens is 261 g/mol. The minimum Gasteiger partial charge on any atom is -0.312 e. The average molecular weight is 286 g/mol. The van der Waals surface area contributed by atoms with E-state index >= 15 is 0 Å². The monoisotopic (exact) mass is 285 g/mol. The smallest absolute Gasteiger partial charge is 0.142 e. The van der Waals surface area contributed by atoms with E-state index in [0.29, 0.717) is 6.54 Å². The molecular formula is C16H25ClFN. The fourth-order valence-corrected chi connectivity index (χ4v) is 2.36. The highest BCUT2D eigenvalue weighted by Gasteiger charge is 2.16. The van der Waals surface area contributed by atoms with Crippen LogP contribution < -0.4 is 5.32 Å². The highest BCUT2D eigenvalue weighted by atomic mass is 35.5. The van der Waals surface area contributed by atoms with E-state index < -0.39 is 0 Å². The van der Waals surface area contributed by atoms with Gasteiger partial charge in [-0.05, 0) is 23.5 Å². The Labute approximate surface area is 121 Å². The lowest BCUT2D eigenvalue weighted by atomic mass is 9.87. The molecule has 0 atom stereocenters. The van der Waals surface area contributed by atoms with Gasteiger partial charge in [0.05, 0.1) is 5.02 Å². The first-order chi connectivity index (χ1) is 8.96. The molecule has 3 heteroatoms. The van der Waals surface area contributed by atoms with Gasteiger partial charge in [0, 0.05) is 13.1 Å². The maximum atomic E-state index is 13.3. The molecule has 0 aliphatic heterocycles. The van der Waals surface area contributed by atoms with E-state index in [-0.39, 0.29) is 16.3 Å². The zero-order valence-corrected chi connectivity index (χ0v) is 13.0. The number of hydrogen-bond donors (Lipinski definition) is 1. The van der Waals surface area contributed by atoms with Crippen LogP contribution in [0.5, 0.6) is 0 Å². The van der Waals surface area contributed by atoms with Gasteiger partial charge in [-0.1, -0.05) is 63.8 Å². The van der Waals surface area contributed by atoms with Gasteiger partial charge >= 0.3 is 0 Å². The van der Waals surface area contributed by atoms with E-state index in [1.54, 1.807) is 6.07 Å². The van der Waals surface area contributed by atoms with Crippen molar-refractivity contribution in [3.05, 3.63) is 34.6 Å². The second-order valence-electron chi connectivity index (χ2n) is 5.94. The minimum absolute atomic E-state index is 0.235. The van der Waals surface area contributed by atoms with Gasteiger partial charge in [-0.25, -0.2) is 4.39 Å². The van der Waals surface area contributed by atoms with Crippen molar-refractivity contribution in [2.24, 2.45) is 5.41 Å². The molecule has 1 N–H and O–H groups in total. The maximum absolute atomic E-state index is 13.3. The van der Waals surface area contributed by atoms with Crippen LogP contribution in [0.4, 0.5) is 4.39 Å². The Bertz CT molecular complexity index is 390. The quantitative estimate of drug-likeness (QED) is 0.649. The Balaban J connectivity index is 2.38. The number of benzene rings is 1. The van der Waals surface area contributed by atoms with Crippen LogP contribution >= 0.6 is 11.6 Å². The number of unbranched alkanes of at least 4 members (excludes halogenated alkanes) is 2. The van der Waals surface area contributed by atoms with Gasteiger partial charge in [0.2, 0.25) is 0 Å². The molecule has 0 saturated carbocycles. The topological polar surface area (TPSA) is 12.0 Å². The maximum Gasteiger partial charge on any atom is 0.142 e. The van der Waals surface area contributed by atoms with Gasteiger partial charge < -0.3 is 5.32 Å². The van der Waals surface area contributed by atoms with E-state index in [4.69, 9.17) is 11.6 Å². The summed E-state index contributed by atoms with van der Waals surface area (Å²) in [4.78, 5) is 0. The first kappa shape index (κ1) is 16.5. The van der Waals surface area contributed by atoms with E-state index in [2.05, 4.69) is 26.1 Å². The molecule has 1 rings (SSSR count). The van der Waals surface area contributed by atoms with Crippen molar-refractivity contribution < 1.29 is 4.39 Å². The van der Waals surface area contributed by atoms with Crippen LogP contribution in [0.25, 0.3) is 0 Å². The lowest BCUT2D eigenvalue weighted by Crippen LogP contribution is -2.29. The zero-order valence-electron chi connectivity index (χ0n) is 12.2. The molecule has 19 heavy (non-hydrogen) atoms. The Morgan fingerprint density at radius 2 is 2.00 bits per heavy atom. The standard InChI is InChI=1S/C16H25ClFN/c1-4-5-6-10-16(2,3)12-19-11-13-8-7-9-14(18)15(13)17/h7-9,19H,4-6,10-12H2,1-3H3. The third-order valence-electron chi connectivity index (χ3n) is 3.41. The van der Waals surface area contributed by atoms with Crippen molar-refractivity contribution in [3.8, 4) is 0 Å². The largest absolute Gasteiger partial charge is 0.312 e. The summed E-state index contributed by atoms with van der Waals surface area (Å²) >= 11 is 5.93. The molecule has 0 fully saturated rings. The Kier molecular flexibility index (Phi) is 6.81. The van der Waals surface area contributed by atoms with Gasteiger partial charge in [0.1, 0.15) is 5.82 Å². The second kappa shape index (κ2) is 7.86. The summed E-state index contributed by atoms with van der Waals surface area (Å²) in [5.41, 5.74) is 1.10. The Hall–Kier alpha value is -0.600. The van der Waals surface area contributed by atoms with Crippen LogP contribution in [0.2, 0.25) is 5.02 Å². The molecule has 0 amide bonds. The van der Waals surface area contributed by atoms with Crippen LogP contribution in [0.15, 0.2) is 18.2 Å². The van der Waals surface area contributed by atoms with Crippen LogP contribution in [0, 0.1) is 11.2 Å². The summed E-state index contributed by atoms with van der Waals surface area (Å²) in [6.45, 7) is 8.29. The first-order valence-electron chi connectivity index (χ1n) is 7.10. The number of halogens is 2. The van der Waals surface area contributed by atoms with Crippen LogP contribution in [0.1, 0.15) is 52.0 Å². The van der Waals surface area contributed by atoms with E-state index in [1.807, 2.05) is 6.07 Å². The third kappa shape index (κ3) is 5.92. The summed E-state index contributed by atoms with van der Waals surface area (Å²) in [5.74, 6) is -0.344. The molecule has 0 spiro atoms. The number of rotatable bonds is 8. The molecule has 1 aromatic rings. The lowest BCUT2D eigenvalue weighted by molar-refractivity contribution is 0.302. The first-order valence-corrected chi connectivity index (χ1v) is 7.47. The van der Waals surface area contributed by atoms with Gasteiger partial charge in [-0.15, -0.1) is 0 Å². The molecule has 0 saturated heterocycles. The fraction of sp³-hybridized carbons (Fsp3) is 0.625. The van der Waals surface area contributed by atoms with Crippen molar-refractivity contribution in [1.82, 2.24) is 5.32 Å². The molecule has 0 aromatic heterocycles. The second-order valence-corrected chi connectivity index (χ2v) is 6.32. The summed E-state index contributed by atoms with van der Waals surface area (Å²) in [7, 11) is 0. The molecule has 0 heterocycles. The summed E-state index contributed by atoms with van der Waals surface area (Å²) in [6.07, 6.45) is 5.03. The minimum atomic E-state index is -0.344. The zero-order chi connectivity index (χ0) is 14.3. The molecule has 0 aliphatic carbocycles. The SMILES string of the molecule is CCCCCC(C)(C)CNCc1cccc(F)c1Cl. The van der Waals surface area contributed by atoms with Crippen LogP contribution in [-0.2, 0) is 6.54 Å². The highest BCUT2D eigenvalue weighted by Crippen LogP contribution is 2.24. The molecule has 0 radical (unpaired) electrons. The number of nitrogens with one attached hydrogen (secondary N) is 1. The average Bonchev–Trinajstić information content (AvgIpc) is 2.34. The van der Waals surface area contributed by atoms with Crippen molar-refractivity contribution >= 4 is 11.6 Å². The van der Waals surface area contributed by atoms with Crippen LogP contribution in [-0.4, -0.2) is 6.54 Å². The third-order valence-corrected chi connectivity index (χ3v) is 3.83. The van der Waals surface area contributed by atoms with Gasteiger partial charge in [-0.2, -0.15) is 0 Å². The van der Waals surface area contributed by atoms with Gasteiger partial charge in [0.25, 0.3) is 0 Å². The molecule has 0 unspecified atom stereocenters. The van der Waals surface area contributed by atoms with Crippen LogP contribution in [0.3, 0.4) is 0 Å². The fourth-order valence-electron chi connectivity index (χ4n) is 2.16. The molecule has 0 aliphatic rings. The predicted octanol–water partition coefficient (Wildman–Crippen LogP) is 5.18. The molecule has 1 aromatic carbocycles. The van der Waals surface area contributed by atoms with E-state index in [9.17, 15) is 4.39 Å². The summed E-state index contributed by atoms with van der Waals surface area (Å²) in [5, 5.41) is 3.62. The Morgan fingerprint density at radius 3 is 2.68 bits per heavy atom. The van der Waals surface area contributed by atoms with Gasteiger partial charge in [-0.3, -0.25) is 0 Å². The molecule has 1 nitrogen and oxygen atoms in total. The van der Waals surface area contributed by atoms with E-state index in [1.165, 1.54) is 31.7 Å². The molecule has 0 bridgehead atoms. The summed E-state index contributed by atoms with van der Waals surface area (Å²) < 4.78 is 13.3. The van der Waals surface area contributed by atoms with Gasteiger partial charge in [0.15, 0.2) is 0 Å².